The van der Waals surface area contributed by atoms with Gasteiger partial charge in [-0.25, -0.2) is 4.79 Å². The second-order valence-corrected chi connectivity index (χ2v) is 2.05. The second-order valence-electron chi connectivity index (χ2n) is 2.05. The summed E-state index contributed by atoms with van der Waals surface area (Å²) in [4.78, 5) is 10.9. The monoisotopic (exact) mass is 149 g/mol. The van der Waals surface area contributed by atoms with Gasteiger partial charge in [-0.1, -0.05) is 18.2 Å². The summed E-state index contributed by atoms with van der Waals surface area (Å²) in [6.07, 6.45) is 0. The molecule has 0 unspecified atom stereocenters. The maximum absolute atomic E-state index is 10.9. The lowest BCUT2D eigenvalue weighted by Gasteiger charge is -1.96. The van der Waals surface area contributed by atoms with Gasteiger partial charge in [0.25, 0.3) is 0 Å². The number of nitrogens with zero attached hydrogens (tertiary/aromatic N) is 1. The Balaban J connectivity index is 2.95. The van der Waals surface area contributed by atoms with Crippen molar-refractivity contribution in [2.45, 2.75) is 0 Å². The van der Waals surface area contributed by atoms with Gasteiger partial charge in [-0.2, -0.15) is 0 Å². The highest BCUT2D eigenvalue weighted by Gasteiger charge is 2.10. The number of rotatable bonds is 1. The van der Waals surface area contributed by atoms with Crippen LogP contribution in [-0.4, -0.2) is 17.4 Å². The number of hydroxylamine groups is 1. The van der Waals surface area contributed by atoms with Crippen LogP contribution in [0.25, 0.3) is 0 Å². The van der Waals surface area contributed by atoms with Gasteiger partial charge in [0.05, 0.1) is 5.56 Å². The van der Waals surface area contributed by atoms with E-state index in [0.29, 0.717) is 5.56 Å². The average Bonchev–Trinajstić information content (AvgIpc) is 2.05. The van der Waals surface area contributed by atoms with Crippen LogP contribution in [0, 0.1) is 5.21 Å². The van der Waals surface area contributed by atoms with Crippen molar-refractivity contribution in [2.75, 3.05) is 0 Å². The molecular formula is C8H7NO2. The molecule has 0 heterocycles. The zero-order chi connectivity index (χ0) is 8.27. The molecule has 1 amide bonds. The normalized spacial score (nSPS) is 9.09. The SMILES string of the molecule is C=[N+]([O-])C(=O)c1ccccc1. The average molecular weight is 149 g/mol. The number of hydrogen-bond donors (Lipinski definition) is 0. The Kier molecular flexibility index (Phi) is 2.01. The molecular weight excluding hydrogens is 142 g/mol. The van der Waals surface area contributed by atoms with Crippen molar-refractivity contribution in [1.82, 2.24) is 0 Å². The number of hydrogen-bond acceptors (Lipinski definition) is 2. The van der Waals surface area contributed by atoms with Gasteiger partial charge in [0, 0.05) is 0 Å². The van der Waals surface area contributed by atoms with Crippen LogP contribution in [0.4, 0.5) is 0 Å². The third-order valence-corrected chi connectivity index (χ3v) is 1.25. The minimum Gasteiger partial charge on any atom is -0.616 e. The summed E-state index contributed by atoms with van der Waals surface area (Å²) in [5, 5.41) is 10.4. The lowest BCUT2D eigenvalue weighted by Crippen LogP contribution is -2.11. The van der Waals surface area contributed by atoms with Crippen molar-refractivity contribution < 1.29 is 9.53 Å². The van der Waals surface area contributed by atoms with Crippen molar-refractivity contribution in [2.24, 2.45) is 0 Å². The van der Waals surface area contributed by atoms with Crippen molar-refractivity contribution in [3.63, 3.8) is 0 Å². The molecule has 0 aliphatic heterocycles. The maximum Gasteiger partial charge on any atom is 0.429 e. The zero-order valence-electron chi connectivity index (χ0n) is 5.86. The first kappa shape index (κ1) is 7.47. The third kappa shape index (κ3) is 1.64. The van der Waals surface area contributed by atoms with E-state index in [0.717, 1.165) is 0 Å². The van der Waals surface area contributed by atoms with E-state index in [1.54, 1.807) is 30.3 Å². The Morgan fingerprint density at radius 3 is 2.36 bits per heavy atom. The summed E-state index contributed by atoms with van der Waals surface area (Å²) in [6.45, 7) is 2.94. The fraction of sp³-hybridized carbons (Fsp3) is 0. The molecule has 1 rings (SSSR count). The topological polar surface area (TPSA) is 43.1 Å². The Morgan fingerprint density at radius 1 is 1.36 bits per heavy atom. The second kappa shape index (κ2) is 2.96. The van der Waals surface area contributed by atoms with Crippen molar-refractivity contribution in [3.05, 3.63) is 41.1 Å². The molecule has 0 radical (unpaired) electrons. The number of carbonyl (C=O) groups excluding carboxylic acids is 1. The third-order valence-electron chi connectivity index (χ3n) is 1.25. The van der Waals surface area contributed by atoms with Gasteiger partial charge in [0.2, 0.25) is 0 Å². The predicted molar refractivity (Wildman–Crippen MR) is 41.5 cm³/mol. The molecule has 0 aliphatic rings. The van der Waals surface area contributed by atoms with E-state index < -0.39 is 5.91 Å². The van der Waals surface area contributed by atoms with Crippen molar-refractivity contribution in [3.8, 4) is 0 Å². The largest absolute Gasteiger partial charge is 0.616 e. The van der Waals surface area contributed by atoms with E-state index in [1.807, 2.05) is 0 Å². The minimum absolute atomic E-state index is 0.0648. The number of benzene rings is 1. The summed E-state index contributed by atoms with van der Waals surface area (Å²) in [5.74, 6) is -0.620. The molecule has 0 fully saturated rings. The first-order valence-electron chi connectivity index (χ1n) is 3.09. The highest BCUT2D eigenvalue weighted by molar-refractivity contribution is 5.88. The molecule has 3 heteroatoms. The molecule has 0 atom stereocenters. The highest BCUT2D eigenvalue weighted by atomic mass is 16.5. The Hall–Kier alpha value is -1.64. The molecule has 3 nitrogen and oxygen atoms in total. The van der Waals surface area contributed by atoms with Gasteiger partial charge in [0.1, 0.15) is 6.72 Å². The predicted octanol–water partition coefficient (Wildman–Crippen LogP) is 1.04. The molecule has 0 aliphatic carbocycles. The van der Waals surface area contributed by atoms with E-state index in [1.165, 1.54) is 0 Å². The van der Waals surface area contributed by atoms with Gasteiger partial charge in [-0.3, -0.25) is 0 Å². The van der Waals surface area contributed by atoms with Crippen molar-refractivity contribution in [1.29, 1.82) is 0 Å². The molecule has 0 bridgehead atoms. The lowest BCUT2D eigenvalue weighted by molar-refractivity contribution is -0.342. The maximum atomic E-state index is 10.9. The van der Waals surface area contributed by atoms with Gasteiger partial charge in [-0.05, 0) is 12.1 Å². The Morgan fingerprint density at radius 2 is 1.91 bits per heavy atom. The van der Waals surface area contributed by atoms with Gasteiger partial charge < -0.3 is 5.21 Å². The van der Waals surface area contributed by atoms with Crippen LogP contribution in [0.5, 0.6) is 0 Å². The van der Waals surface area contributed by atoms with Crippen LogP contribution in [-0.2, 0) is 0 Å². The van der Waals surface area contributed by atoms with Gasteiger partial charge in [-0.15, -0.1) is 4.74 Å². The highest BCUT2D eigenvalue weighted by Crippen LogP contribution is 1.98. The fourth-order valence-corrected chi connectivity index (χ4v) is 0.725. The number of carbonyl (C=O) groups is 1. The smallest absolute Gasteiger partial charge is 0.429 e. The van der Waals surface area contributed by atoms with Gasteiger partial charge in [0.15, 0.2) is 0 Å². The minimum atomic E-state index is -0.620. The summed E-state index contributed by atoms with van der Waals surface area (Å²) >= 11 is 0. The van der Waals surface area contributed by atoms with E-state index in [4.69, 9.17) is 0 Å². The van der Waals surface area contributed by atoms with Crippen LogP contribution in [0.1, 0.15) is 10.4 Å². The van der Waals surface area contributed by atoms with Crippen LogP contribution in [0.15, 0.2) is 30.3 Å². The Bertz CT molecular complexity index is 279. The van der Waals surface area contributed by atoms with E-state index in [9.17, 15) is 10.0 Å². The summed E-state index contributed by atoms with van der Waals surface area (Å²) in [7, 11) is 0. The molecule has 0 N–H and O–H groups in total. The summed E-state index contributed by atoms with van der Waals surface area (Å²) in [5.41, 5.74) is 0.359. The molecule has 0 saturated heterocycles. The standard InChI is InChI=1S/C8H7NO2/c1-9(11)8(10)7-5-3-2-4-6-7/h2-6H,1H2. The molecule has 11 heavy (non-hydrogen) atoms. The zero-order valence-corrected chi connectivity index (χ0v) is 5.86. The van der Waals surface area contributed by atoms with Gasteiger partial charge >= 0.3 is 5.91 Å². The first-order valence-corrected chi connectivity index (χ1v) is 3.09. The van der Waals surface area contributed by atoms with E-state index in [-0.39, 0.29) is 4.74 Å². The van der Waals surface area contributed by atoms with Crippen LogP contribution in [0.3, 0.4) is 0 Å². The summed E-state index contributed by atoms with van der Waals surface area (Å²) < 4.78 is 0.0648. The molecule has 0 saturated carbocycles. The first-order chi connectivity index (χ1) is 5.22. The molecule has 56 valence electrons. The fourth-order valence-electron chi connectivity index (χ4n) is 0.725. The molecule has 1 aromatic rings. The van der Waals surface area contributed by atoms with Crippen LogP contribution in [0.2, 0.25) is 0 Å². The van der Waals surface area contributed by atoms with Crippen LogP contribution >= 0.6 is 0 Å². The van der Waals surface area contributed by atoms with Crippen molar-refractivity contribution >= 4 is 12.6 Å². The van der Waals surface area contributed by atoms with E-state index >= 15 is 0 Å². The molecule has 0 aromatic heterocycles. The van der Waals surface area contributed by atoms with E-state index in [2.05, 4.69) is 6.72 Å². The quantitative estimate of drug-likeness (QED) is 0.259. The summed E-state index contributed by atoms with van der Waals surface area (Å²) in [6, 6.07) is 8.29. The molecule has 0 spiro atoms. The Labute approximate surface area is 64.2 Å². The number of amides is 1. The lowest BCUT2D eigenvalue weighted by atomic mass is 10.2. The van der Waals surface area contributed by atoms with Crippen LogP contribution < -0.4 is 0 Å². The molecule has 1 aromatic carbocycles.